The van der Waals surface area contributed by atoms with E-state index in [1.165, 1.54) is 0 Å². The zero-order valence-electron chi connectivity index (χ0n) is 9.24. The largest absolute Gasteiger partial charge is 0.253 e. The third-order valence-electron chi connectivity index (χ3n) is 2.42. The van der Waals surface area contributed by atoms with Crippen LogP contribution in [0.25, 0.3) is 11.5 Å². The van der Waals surface area contributed by atoms with E-state index in [1.54, 1.807) is 6.20 Å². The molecule has 4 heteroatoms. The fourth-order valence-electron chi connectivity index (χ4n) is 1.49. The van der Waals surface area contributed by atoms with Gasteiger partial charge < -0.3 is 0 Å². The van der Waals surface area contributed by atoms with Crippen LogP contribution in [0.5, 0.6) is 0 Å². The summed E-state index contributed by atoms with van der Waals surface area (Å²) in [7, 11) is 0. The van der Waals surface area contributed by atoms with Crippen LogP contribution >= 0.6 is 11.6 Å². The summed E-state index contributed by atoms with van der Waals surface area (Å²) in [6.45, 7) is 3.98. The van der Waals surface area contributed by atoms with Crippen molar-refractivity contribution in [3.63, 3.8) is 0 Å². The molecule has 0 bridgehead atoms. The molecule has 0 aliphatic heterocycles. The molecule has 0 aliphatic carbocycles. The lowest BCUT2D eigenvalue weighted by Gasteiger charge is -2.06. The predicted octanol–water partition coefficient (Wildman–Crippen LogP) is 3.06. The van der Waals surface area contributed by atoms with E-state index in [1.807, 2.05) is 32.0 Å². The Labute approximate surface area is 99.5 Å². The number of aryl methyl sites for hydroxylation is 1. The molecule has 0 amide bonds. The van der Waals surface area contributed by atoms with Crippen LogP contribution in [-0.4, -0.2) is 15.0 Å². The van der Waals surface area contributed by atoms with Crippen LogP contribution in [0.3, 0.4) is 0 Å². The number of nitrogens with zero attached hydrogens (tertiary/aromatic N) is 3. The molecule has 2 heterocycles. The molecule has 0 atom stereocenters. The Bertz CT molecular complexity index is 497. The third-order valence-corrected chi connectivity index (χ3v) is 2.78. The highest BCUT2D eigenvalue weighted by atomic mass is 35.5. The molecule has 2 aromatic heterocycles. The van der Waals surface area contributed by atoms with E-state index in [2.05, 4.69) is 15.0 Å². The van der Waals surface area contributed by atoms with Crippen molar-refractivity contribution in [2.24, 2.45) is 0 Å². The fraction of sp³-hybridized carbons (Fsp3) is 0.250. The monoisotopic (exact) mass is 233 g/mol. The number of hydrogen-bond acceptors (Lipinski definition) is 3. The molecule has 0 unspecified atom stereocenters. The van der Waals surface area contributed by atoms with Crippen LogP contribution in [0.15, 0.2) is 24.4 Å². The summed E-state index contributed by atoms with van der Waals surface area (Å²) in [4.78, 5) is 12.9. The third kappa shape index (κ3) is 2.04. The quantitative estimate of drug-likeness (QED) is 0.749. The Hall–Kier alpha value is -1.48. The smallest absolute Gasteiger partial charge is 0.179 e. The Kier molecular flexibility index (Phi) is 3.15. The van der Waals surface area contributed by atoms with Crippen LogP contribution in [0.4, 0.5) is 0 Å². The lowest BCUT2D eigenvalue weighted by atomic mass is 10.2. The maximum atomic E-state index is 6.07. The molecule has 0 radical (unpaired) electrons. The predicted molar refractivity (Wildman–Crippen MR) is 64.4 cm³/mol. The van der Waals surface area contributed by atoms with Gasteiger partial charge in [0.2, 0.25) is 0 Å². The molecule has 0 spiro atoms. The van der Waals surface area contributed by atoms with E-state index in [0.29, 0.717) is 11.0 Å². The van der Waals surface area contributed by atoms with E-state index in [4.69, 9.17) is 11.6 Å². The van der Waals surface area contributed by atoms with Gasteiger partial charge in [-0.1, -0.05) is 24.6 Å². The highest BCUT2D eigenvalue weighted by Gasteiger charge is 2.09. The van der Waals surface area contributed by atoms with Gasteiger partial charge in [-0.15, -0.1) is 0 Å². The molecule has 2 rings (SSSR count). The Balaban J connectivity index is 2.55. The highest BCUT2D eigenvalue weighted by Crippen LogP contribution is 2.20. The molecular weight excluding hydrogens is 222 g/mol. The molecule has 0 fully saturated rings. The standard InChI is InChI=1S/C12H12ClN3/c1-3-9-8(2)11(13)16-12(15-9)10-6-4-5-7-14-10/h4-7H,3H2,1-2H3. The Morgan fingerprint density at radius 2 is 2.06 bits per heavy atom. The lowest BCUT2D eigenvalue weighted by molar-refractivity contribution is 0.971. The lowest BCUT2D eigenvalue weighted by Crippen LogP contribution is -2.00. The van der Waals surface area contributed by atoms with Crippen molar-refractivity contribution in [2.45, 2.75) is 20.3 Å². The first kappa shape index (κ1) is 11.0. The second-order valence-electron chi connectivity index (χ2n) is 3.48. The number of hydrogen-bond donors (Lipinski definition) is 0. The van der Waals surface area contributed by atoms with E-state index < -0.39 is 0 Å². The van der Waals surface area contributed by atoms with E-state index in [0.717, 1.165) is 23.4 Å². The van der Waals surface area contributed by atoms with Crippen molar-refractivity contribution in [1.82, 2.24) is 15.0 Å². The number of halogens is 1. The van der Waals surface area contributed by atoms with Gasteiger partial charge in [-0.05, 0) is 25.5 Å². The normalized spacial score (nSPS) is 10.4. The maximum absolute atomic E-state index is 6.07. The van der Waals surface area contributed by atoms with Crippen molar-refractivity contribution in [3.8, 4) is 11.5 Å². The van der Waals surface area contributed by atoms with E-state index >= 15 is 0 Å². The first-order chi connectivity index (χ1) is 7.72. The number of pyridine rings is 1. The SMILES string of the molecule is CCc1nc(-c2ccccn2)nc(Cl)c1C. The molecule has 2 aromatic rings. The summed E-state index contributed by atoms with van der Waals surface area (Å²) >= 11 is 6.07. The summed E-state index contributed by atoms with van der Waals surface area (Å²) in [5.41, 5.74) is 2.67. The van der Waals surface area contributed by atoms with Gasteiger partial charge in [0.1, 0.15) is 10.8 Å². The van der Waals surface area contributed by atoms with Gasteiger partial charge in [-0.3, -0.25) is 4.98 Å². The zero-order chi connectivity index (χ0) is 11.5. The van der Waals surface area contributed by atoms with Crippen LogP contribution in [0.1, 0.15) is 18.2 Å². The van der Waals surface area contributed by atoms with Crippen LogP contribution in [-0.2, 0) is 6.42 Å². The van der Waals surface area contributed by atoms with Crippen LogP contribution in [0, 0.1) is 6.92 Å². The molecule has 0 saturated carbocycles. The second kappa shape index (κ2) is 4.58. The average Bonchev–Trinajstić information content (AvgIpc) is 2.33. The molecule has 0 N–H and O–H groups in total. The Morgan fingerprint density at radius 3 is 2.69 bits per heavy atom. The minimum atomic E-state index is 0.507. The first-order valence-corrected chi connectivity index (χ1v) is 5.54. The van der Waals surface area contributed by atoms with Crippen molar-refractivity contribution < 1.29 is 0 Å². The highest BCUT2D eigenvalue weighted by molar-refractivity contribution is 6.30. The van der Waals surface area contributed by atoms with Gasteiger partial charge in [0, 0.05) is 17.5 Å². The summed E-state index contributed by atoms with van der Waals surface area (Å²) in [5.74, 6) is 0.591. The number of rotatable bonds is 2. The maximum Gasteiger partial charge on any atom is 0.179 e. The molecule has 3 nitrogen and oxygen atoms in total. The minimum Gasteiger partial charge on any atom is -0.253 e. The van der Waals surface area contributed by atoms with Crippen LogP contribution < -0.4 is 0 Å². The summed E-state index contributed by atoms with van der Waals surface area (Å²) < 4.78 is 0. The molecule has 82 valence electrons. The molecule has 0 aromatic carbocycles. The van der Waals surface area contributed by atoms with Gasteiger partial charge in [0.15, 0.2) is 5.82 Å². The fourth-order valence-corrected chi connectivity index (χ4v) is 1.68. The summed E-state index contributed by atoms with van der Waals surface area (Å²) in [5, 5.41) is 0.507. The van der Waals surface area contributed by atoms with Crippen molar-refractivity contribution >= 4 is 11.6 Å². The summed E-state index contributed by atoms with van der Waals surface area (Å²) in [6, 6.07) is 5.64. The van der Waals surface area contributed by atoms with Gasteiger partial charge in [-0.2, -0.15) is 0 Å². The number of aromatic nitrogens is 3. The molecule has 16 heavy (non-hydrogen) atoms. The van der Waals surface area contributed by atoms with E-state index in [9.17, 15) is 0 Å². The van der Waals surface area contributed by atoms with E-state index in [-0.39, 0.29) is 0 Å². The first-order valence-electron chi connectivity index (χ1n) is 5.16. The van der Waals surface area contributed by atoms with Gasteiger partial charge in [0.25, 0.3) is 0 Å². The second-order valence-corrected chi connectivity index (χ2v) is 3.84. The van der Waals surface area contributed by atoms with Crippen LogP contribution in [0.2, 0.25) is 5.15 Å². The van der Waals surface area contributed by atoms with Crippen molar-refractivity contribution in [1.29, 1.82) is 0 Å². The average molecular weight is 234 g/mol. The topological polar surface area (TPSA) is 38.7 Å². The van der Waals surface area contributed by atoms with Gasteiger partial charge in [-0.25, -0.2) is 9.97 Å². The Morgan fingerprint density at radius 1 is 1.25 bits per heavy atom. The van der Waals surface area contributed by atoms with Gasteiger partial charge >= 0.3 is 0 Å². The van der Waals surface area contributed by atoms with Gasteiger partial charge in [0.05, 0.1) is 0 Å². The molecule has 0 aliphatic rings. The zero-order valence-corrected chi connectivity index (χ0v) is 9.99. The molecule has 0 saturated heterocycles. The van der Waals surface area contributed by atoms with Crippen molar-refractivity contribution in [2.75, 3.05) is 0 Å². The summed E-state index contributed by atoms with van der Waals surface area (Å²) in [6.07, 6.45) is 2.56. The molecular formula is C12H12ClN3. The van der Waals surface area contributed by atoms with Crippen molar-refractivity contribution in [3.05, 3.63) is 40.8 Å². The minimum absolute atomic E-state index is 0.507.